The molecule has 2 aliphatic rings. The molecule has 0 radical (unpaired) electrons. The van der Waals surface area contributed by atoms with Crippen LogP contribution >= 0.6 is 0 Å². The molecule has 162 valence electrons. The number of nitrogens with zero attached hydrogens (tertiary/aromatic N) is 3. The van der Waals surface area contributed by atoms with Crippen molar-refractivity contribution in [2.24, 2.45) is 4.99 Å². The largest absolute Gasteiger partial charge is 0.493 e. The smallest absolute Gasteiger partial charge is 0.194 e. The van der Waals surface area contributed by atoms with Crippen molar-refractivity contribution in [1.82, 2.24) is 15.1 Å². The molecule has 1 aromatic carbocycles. The molecule has 0 bridgehead atoms. The Kier molecular flexibility index (Phi) is 7.61. The average Bonchev–Trinajstić information content (AvgIpc) is 3.18. The van der Waals surface area contributed by atoms with E-state index in [1.165, 1.54) is 5.56 Å². The normalized spacial score (nSPS) is 20.0. The zero-order valence-electron chi connectivity index (χ0n) is 18.1. The van der Waals surface area contributed by atoms with Crippen molar-refractivity contribution in [2.45, 2.75) is 44.8 Å². The van der Waals surface area contributed by atoms with Crippen LogP contribution in [0, 0.1) is 0 Å². The molecule has 7 heteroatoms. The maximum absolute atomic E-state index is 10.6. The van der Waals surface area contributed by atoms with E-state index in [-0.39, 0.29) is 0 Å². The van der Waals surface area contributed by atoms with Crippen LogP contribution in [-0.2, 0) is 6.54 Å². The molecule has 1 aromatic rings. The molecule has 7 nitrogen and oxygen atoms in total. The summed E-state index contributed by atoms with van der Waals surface area (Å²) in [5.74, 6) is 2.46. The Bertz CT molecular complexity index is 681. The lowest BCUT2D eigenvalue weighted by Gasteiger charge is -2.37. The molecule has 2 N–H and O–H groups in total. The second-order valence-electron chi connectivity index (χ2n) is 8.05. The molecular weight excluding hydrogens is 368 g/mol. The van der Waals surface area contributed by atoms with Gasteiger partial charge in [0.15, 0.2) is 17.5 Å². The van der Waals surface area contributed by atoms with Crippen molar-refractivity contribution in [3.63, 3.8) is 0 Å². The van der Waals surface area contributed by atoms with Gasteiger partial charge in [0.1, 0.15) is 0 Å². The Labute approximate surface area is 174 Å². The summed E-state index contributed by atoms with van der Waals surface area (Å²) in [5.41, 5.74) is 0.621. The summed E-state index contributed by atoms with van der Waals surface area (Å²) in [6.45, 7) is 8.13. The van der Waals surface area contributed by atoms with Crippen LogP contribution in [0.1, 0.15) is 38.2 Å². The molecule has 1 aliphatic heterocycles. The predicted octanol–water partition coefficient (Wildman–Crippen LogP) is 2.09. The number of piperazine rings is 1. The van der Waals surface area contributed by atoms with Gasteiger partial charge in [-0.05, 0) is 37.5 Å². The van der Waals surface area contributed by atoms with E-state index < -0.39 is 5.60 Å². The molecular formula is C22H36N4O3. The molecule has 1 saturated heterocycles. The quantitative estimate of drug-likeness (QED) is 0.536. The van der Waals surface area contributed by atoms with Crippen LogP contribution in [-0.4, -0.2) is 80.0 Å². The molecule has 0 amide bonds. The summed E-state index contributed by atoms with van der Waals surface area (Å²) in [7, 11) is 3.33. The molecule has 29 heavy (non-hydrogen) atoms. The van der Waals surface area contributed by atoms with Crippen LogP contribution < -0.4 is 14.8 Å². The van der Waals surface area contributed by atoms with Gasteiger partial charge in [0, 0.05) is 39.3 Å². The van der Waals surface area contributed by atoms with Gasteiger partial charge >= 0.3 is 0 Å². The van der Waals surface area contributed by atoms with Gasteiger partial charge in [-0.3, -0.25) is 9.89 Å². The third kappa shape index (κ3) is 5.76. The zero-order chi connectivity index (χ0) is 20.7. The zero-order valence-corrected chi connectivity index (χ0v) is 18.1. The average molecular weight is 405 g/mol. The second-order valence-corrected chi connectivity index (χ2v) is 8.05. The summed E-state index contributed by atoms with van der Waals surface area (Å²) in [6, 6.07) is 6.12. The van der Waals surface area contributed by atoms with E-state index in [0.29, 0.717) is 6.54 Å². The van der Waals surface area contributed by atoms with Crippen LogP contribution in [0.5, 0.6) is 11.5 Å². The van der Waals surface area contributed by atoms with Gasteiger partial charge in [-0.15, -0.1) is 0 Å². The lowest BCUT2D eigenvalue weighted by atomic mass is 10.0. The van der Waals surface area contributed by atoms with Crippen molar-refractivity contribution < 1.29 is 14.6 Å². The van der Waals surface area contributed by atoms with E-state index in [4.69, 9.17) is 14.5 Å². The standard InChI is InChI=1S/C22H36N4O3/c1-4-23-21(24-17-22(27)9-5-6-10-22)26-13-11-25(12-14-26)16-18-7-8-19(28-2)20(15-18)29-3/h7-8,15,27H,4-6,9-14,16-17H2,1-3H3,(H,23,24). The molecule has 1 heterocycles. The first kappa shape index (κ1) is 21.7. The Balaban J connectivity index is 1.55. The molecule has 3 rings (SSSR count). The Morgan fingerprint density at radius 3 is 2.41 bits per heavy atom. The molecule has 0 aromatic heterocycles. The van der Waals surface area contributed by atoms with Crippen LogP contribution in [0.3, 0.4) is 0 Å². The second kappa shape index (κ2) is 10.2. The number of methoxy groups -OCH3 is 2. The van der Waals surface area contributed by atoms with Crippen LogP contribution in [0.4, 0.5) is 0 Å². The number of benzene rings is 1. The summed E-state index contributed by atoms with van der Waals surface area (Å²) in [6.07, 6.45) is 3.96. The maximum atomic E-state index is 10.6. The first-order chi connectivity index (χ1) is 14.1. The first-order valence-corrected chi connectivity index (χ1v) is 10.8. The fourth-order valence-electron chi connectivity index (χ4n) is 4.19. The number of rotatable bonds is 7. The third-order valence-corrected chi connectivity index (χ3v) is 5.92. The van der Waals surface area contributed by atoms with Gasteiger partial charge in [0.25, 0.3) is 0 Å². The highest BCUT2D eigenvalue weighted by Crippen LogP contribution is 2.30. The van der Waals surface area contributed by atoms with Gasteiger partial charge in [-0.25, -0.2) is 0 Å². The number of hydrogen-bond donors (Lipinski definition) is 2. The molecule has 0 atom stereocenters. The van der Waals surface area contributed by atoms with E-state index in [1.807, 2.05) is 6.07 Å². The van der Waals surface area contributed by atoms with Crippen LogP contribution in [0.15, 0.2) is 23.2 Å². The maximum Gasteiger partial charge on any atom is 0.194 e. The Morgan fingerprint density at radius 2 is 1.79 bits per heavy atom. The molecule has 1 saturated carbocycles. The summed E-state index contributed by atoms with van der Waals surface area (Å²) in [4.78, 5) is 9.54. The minimum Gasteiger partial charge on any atom is -0.493 e. The van der Waals surface area contributed by atoms with Crippen LogP contribution in [0.2, 0.25) is 0 Å². The number of nitrogens with one attached hydrogen (secondary N) is 1. The molecule has 0 unspecified atom stereocenters. The van der Waals surface area contributed by atoms with Gasteiger partial charge in [0.2, 0.25) is 0 Å². The highest BCUT2D eigenvalue weighted by molar-refractivity contribution is 5.80. The lowest BCUT2D eigenvalue weighted by Crippen LogP contribution is -2.52. The molecule has 0 spiro atoms. The SMILES string of the molecule is CCNC(=NCC1(O)CCCC1)N1CCN(Cc2ccc(OC)c(OC)c2)CC1. The Morgan fingerprint density at radius 1 is 1.10 bits per heavy atom. The van der Waals surface area contributed by atoms with Crippen molar-refractivity contribution in [3.8, 4) is 11.5 Å². The highest BCUT2D eigenvalue weighted by Gasteiger charge is 2.31. The topological polar surface area (TPSA) is 69.6 Å². The number of aliphatic hydroxyl groups is 1. The van der Waals surface area contributed by atoms with Crippen molar-refractivity contribution in [2.75, 3.05) is 53.5 Å². The minimum atomic E-state index is -0.601. The van der Waals surface area contributed by atoms with Gasteiger partial charge in [0.05, 0.1) is 26.4 Å². The summed E-state index contributed by atoms with van der Waals surface area (Å²) >= 11 is 0. The monoisotopic (exact) mass is 404 g/mol. The van der Waals surface area contributed by atoms with Crippen molar-refractivity contribution in [3.05, 3.63) is 23.8 Å². The summed E-state index contributed by atoms with van der Waals surface area (Å²) < 4.78 is 10.8. The number of ether oxygens (including phenoxy) is 2. The van der Waals surface area contributed by atoms with Gasteiger partial charge < -0.3 is 24.8 Å². The molecule has 1 aliphatic carbocycles. The van der Waals surface area contributed by atoms with Crippen molar-refractivity contribution in [1.29, 1.82) is 0 Å². The van der Waals surface area contributed by atoms with E-state index in [2.05, 4.69) is 34.2 Å². The predicted molar refractivity (Wildman–Crippen MR) is 116 cm³/mol. The van der Waals surface area contributed by atoms with E-state index in [9.17, 15) is 5.11 Å². The van der Waals surface area contributed by atoms with Crippen LogP contribution in [0.25, 0.3) is 0 Å². The third-order valence-electron chi connectivity index (χ3n) is 5.92. The summed E-state index contributed by atoms with van der Waals surface area (Å²) in [5, 5.41) is 14.0. The van der Waals surface area contributed by atoms with E-state index in [0.717, 1.165) is 82.4 Å². The van der Waals surface area contributed by atoms with E-state index >= 15 is 0 Å². The number of guanidine groups is 1. The number of hydrogen-bond acceptors (Lipinski definition) is 5. The van der Waals surface area contributed by atoms with Gasteiger partial charge in [-0.1, -0.05) is 18.9 Å². The fourth-order valence-corrected chi connectivity index (χ4v) is 4.19. The van der Waals surface area contributed by atoms with E-state index in [1.54, 1.807) is 14.2 Å². The fraction of sp³-hybridized carbons (Fsp3) is 0.682. The van der Waals surface area contributed by atoms with Gasteiger partial charge in [-0.2, -0.15) is 0 Å². The first-order valence-electron chi connectivity index (χ1n) is 10.8. The molecule has 2 fully saturated rings. The lowest BCUT2D eigenvalue weighted by molar-refractivity contribution is 0.0569. The Hall–Kier alpha value is -1.99. The highest BCUT2D eigenvalue weighted by atomic mass is 16.5. The minimum absolute atomic E-state index is 0.501. The van der Waals surface area contributed by atoms with Crippen molar-refractivity contribution >= 4 is 5.96 Å². The number of aliphatic imine (C=N–C) groups is 1.